The molecule has 4 rings (SSSR count). The Morgan fingerprint density at radius 1 is 0.971 bits per heavy atom. The summed E-state index contributed by atoms with van der Waals surface area (Å²) in [7, 11) is 1.25. The average molecular weight is 490 g/mol. The first-order chi connectivity index (χ1) is 16.5. The fraction of sp³-hybridized carbons (Fsp3) is 0.125. The Hall–Kier alpha value is -4.28. The first-order valence-electron chi connectivity index (χ1n) is 9.97. The van der Waals surface area contributed by atoms with E-state index in [0.29, 0.717) is 11.3 Å². The summed E-state index contributed by atoms with van der Waals surface area (Å²) in [6.45, 7) is 3.11. The summed E-state index contributed by atoms with van der Waals surface area (Å²) in [6.07, 6.45) is 1.22. The van der Waals surface area contributed by atoms with Crippen LogP contribution < -0.4 is 5.01 Å². The minimum atomic E-state index is -2.35. The molecule has 0 unspecified atom stereocenters. The van der Waals surface area contributed by atoms with Crippen LogP contribution in [0.25, 0.3) is 17.4 Å². The van der Waals surface area contributed by atoms with Crippen molar-refractivity contribution in [1.82, 2.24) is 0 Å². The lowest BCUT2D eigenvalue weighted by Crippen LogP contribution is -2.25. The Morgan fingerprint density at radius 2 is 1.60 bits per heavy atom. The van der Waals surface area contributed by atoms with Gasteiger partial charge in [0.05, 0.1) is 24.0 Å². The summed E-state index contributed by atoms with van der Waals surface area (Å²) in [5, 5.41) is 3.79. The van der Waals surface area contributed by atoms with Crippen LogP contribution in [0.15, 0.2) is 45.4 Å². The highest BCUT2D eigenvalue weighted by Crippen LogP contribution is 2.34. The lowest BCUT2D eigenvalue weighted by atomic mass is 10.0. The van der Waals surface area contributed by atoms with Crippen LogP contribution in [0.3, 0.4) is 0 Å². The van der Waals surface area contributed by atoms with Gasteiger partial charge in [0.2, 0.25) is 5.82 Å². The van der Waals surface area contributed by atoms with E-state index in [2.05, 4.69) is 5.10 Å². The van der Waals surface area contributed by atoms with E-state index in [4.69, 9.17) is 9.15 Å². The third kappa shape index (κ3) is 3.98. The van der Waals surface area contributed by atoms with Crippen LogP contribution in [-0.2, 0) is 9.53 Å². The average Bonchev–Trinajstić information content (AvgIpc) is 3.42. The Kier molecular flexibility index (Phi) is 6.01. The number of furan rings is 1. The predicted octanol–water partition coefficient (Wildman–Crippen LogP) is 5.54. The summed E-state index contributed by atoms with van der Waals surface area (Å²) in [6, 6.07) is 7.91. The molecule has 0 N–H and O–H groups in total. The molecule has 1 aliphatic heterocycles. The maximum atomic E-state index is 14.2. The van der Waals surface area contributed by atoms with Crippen molar-refractivity contribution in [3.63, 3.8) is 0 Å². The van der Waals surface area contributed by atoms with Gasteiger partial charge in [-0.3, -0.25) is 4.79 Å². The molecule has 0 saturated heterocycles. The van der Waals surface area contributed by atoms with Crippen molar-refractivity contribution in [1.29, 1.82) is 0 Å². The number of esters is 1. The van der Waals surface area contributed by atoms with Crippen molar-refractivity contribution in [3.8, 4) is 11.3 Å². The second kappa shape index (κ2) is 8.82. The second-order valence-electron chi connectivity index (χ2n) is 7.50. The summed E-state index contributed by atoms with van der Waals surface area (Å²) < 4.78 is 79.5. The SMILES string of the molecule is COC(=O)c1ccc(C)c(-c2ccc(/C=C3/C(=O)N(c4c(F)c(F)c(F)c(F)c4F)N=C3C)o2)c1. The number of rotatable bonds is 4. The molecule has 1 amide bonds. The molecule has 3 aromatic rings. The minimum Gasteiger partial charge on any atom is -0.465 e. The van der Waals surface area contributed by atoms with Gasteiger partial charge in [-0.05, 0) is 49.8 Å². The maximum Gasteiger partial charge on any atom is 0.337 e. The number of nitrogens with zero attached hydrogens (tertiary/aromatic N) is 2. The zero-order valence-corrected chi connectivity index (χ0v) is 18.4. The highest BCUT2D eigenvalue weighted by atomic mass is 19.2. The molecule has 35 heavy (non-hydrogen) atoms. The number of hydrazone groups is 1. The first kappa shape index (κ1) is 23.9. The number of methoxy groups -OCH3 is 1. The number of aryl methyl sites for hydroxylation is 1. The number of ether oxygens (including phenoxy) is 1. The molecule has 1 aromatic heterocycles. The summed E-state index contributed by atoms with van der Waals surface area (Å²) >= 11 is 0. The van der Waals surface area contributed by atoms with Gasteiger partial charge in [-0.25, -0.2) is 26.7 Å². The second-order valence-corrected chi connectivity index (χ2v) is 7.50. The molecule has 180 valence electrons. The summed E-state index contributed by atoms with van der Waals surface area (Å²) in [5.74, 6) is -12.3. The molecule has 1 aliphatic rings. The van der Waals surface area contributed by atoms with Crippen LogP contribution in [0.4, 0.5) is 27.6 Å². The van der Waals surface area contributed by atoms with E-state index < -0.39 is 46.6 Å². The van der Waals surface area contributed by atoms with Gasteiger partial charge < -0.3 is 9.15 Å². The molecular weight excluding hydrogens is 475 g/mol. The number of halogens is 5. The fourth-order valence-corrected chi connectivity index (χ4v) is 3.46. The molecular formula is C24H15F5N2O4. The van der Waals surface area contributed by atoms with Crippen LogP contribution in [0.1, 0.15) is 28.6 Å². The normalized spacial score (nSPS) is 14.6. The zero-order chi connectivity index (χ0) is 25.6. The molecule has 0 fully saturated rings. The van der Waals surface area contributed by atoms with Gasteiger partial charge in [-0.1, -0.05) is 6.07 Å². The van der Waals surface area contributed by atoms with E-state index in [0.717, 1.165) is 5.56 Å². The number of benzene rings is 2. The maximum absolute atomic E-state index is 14.2. The first-order valence-corrected chi connectivity index (χ1v) is 9.97. The molecule has 11 heteroatoms. The van der Waals surface area contributed by atoms with Gasteiger partial charge in [0, 0.05) is 5.56 Å². The highest BCUT2D eigenvalue weighted by molar-refractivity contribution is 6.32. The van der Waals surface area contributed by atoms with Gasteiger partial charge in [0.1, 0.15) is 17.2 Å². The molecule has 2 heterocycles. The topological polar surface area (TPSA) is 72.1 Å². The minimum absolute atomic E-state index is 0.0410. The molecule has 0 saturated carbocycles. The van der Waals surface area contributed by atoms with Crippen LogP contribution in [0.5, 0.6) is 0 Å². The largest absolute Gasteiger partial charge is 0.465 e. The Labute approximate surface area is 194 Å². The van der Waals surface area contributed by atoms with Crippen molar-refractivity contribution in [2.75, 3.05) is 12.1 Å². The molecule has 0 atom stereocenters. The van der Waals surface area contributed by atoms with E-state index in [9.17, 15) is 31.5 Å². The van der Waals surface area contributed by atoms with Crippen molar-refractivity contribution in [3.05, 3.63) is 81.9 Å². The van der Waals surface area contributed by atoms with Crippen molar-refractivity contribution >= 4 is 29.4 Å². The summed E-state index contributed by atoms with van der Waals surface area (Å²) in [5.41, 5.74) is -0.0703. The third-order valence-corrected chi connectivity index (χ3v) is 5.30. The predicted molar refractivity (Wildman–Crippen MR) is 115 cm³/mol. The van der Waals surface area contributed by atoms with Crippen LogP contribution >= 0.6 is 0 Å². The van der Waals surface area contributed by atoms with Crippen LogP contribution in [0, 0.1) is 36.0 Å². The zero-order valence-electron chi connectivity index (χ0n) is 18.4. The van der Waals surface area contributed by atoms with E-state index >= 15 is 0 Å². The van der Waals surface area contributed by atoms with Crippen molar-refractivity contribution < 1.29 is 40.7 Å². The Morgan fingerprint density at radius 3 is 2.23 bits per heavy atom. The number of hydrogen-bond donors (Lipinski definition) is 0. The van der Waals surface area contributed by atoms with Crippen LogP contribution in [0.2, 0.25) is 0 Å². The lowest BCUT2D eigenvalue weighted by molar-refractivity contribution is -0.114. The van der Waals surface area contributed by atoms with Crippen molar-refractivity contribution in [2.45, 2.75) is 13.8 Å². The number of amides is 1. The van der Waals surface area contributed by atoms with E-state index in [1.807, 2.05) is 0 Å². The summed E-state index contributed by atoms with van der Waals surface area (Å²) in [4.78, 5) is 24.6. The highest BCUT2D eigenvalue weighted by Gasteiger charge is 2.37. The molecule has 0 bridgehead atoms. The molecule has 0 radical (unpaired) electrons. The lowest BCUT2D eigenvalue weighted by Gasteiger charge is -2.14. The van der Waals surface area contributed by atoms with Gasteiger partial charge >= 0.3 is 5.97 Å². The van der Waals surface area contributed by atoms with Crippen molar-refractivity contribution in [2.24, 2.45) is 5.10 Å². The smallest absolute Gasteiger partial charge is 0.337 e. The van der Waals surface area contributed by atoms with Gasteiger partial charge in [-0.15, -0.1) is 0 Å². The fourth-order valence-electron chi connectivity index (χ4n) is 3.46. The number of carbonyl (C=O) groups is 2. The van der Waals surface area contributed by atoms with Crippen LogP contribution in [-0.4, -0.2) is 24.7 Å². The Bertz CT molecular complexity index is 1430. The number of hydrogen-bond acceptors (Lipinski definition) is 5. The number of anilines is 1. The Balaban J connectivity index is 1.70. The molecule has 0 aliphatic carbocycles. The molecule has 2 aromatic carbocycles. The number of carbonyl (C=O) groups excluding carboxylic acids is 2. The molecule has 6 nitrogen and oxygen atoms in total. The molecule has 0 spiro atoms. The van der Waals surface area contributed by atoms with E-state index in [1.165, 1.54) is 26.2 Å². The quantitative estimate of drug-likeness (QED) is 0.158. The van der Waals surface area contributed by atoms with Gasteiger partial charge in [0.15, 0.2) is 23.3 Å². The van der Waals surface area contributed by atoms with E-state index in [-0.39, 0.29) is 27.6 Å². The van der Waals surface area contributed by atoms with E-state index in [1.54, 1.807) is 31.2 Å². The van der Waals surface area contributed by atoms with Gasteiger partial charge in [0.25, 0.3) is 5.91 Å². The van der Waals surface area contributed by atoms with Gasteiger partial charge in [-0.2, -0.15) is 10.1 Å². The standard InChI is InChI=1S/C24H15F5N2O4/c1-10-4-5-12(24(33)34-3)8-14(10)16-7-6-13(35-16)9-15-11(2)30-31(23(15)32)22-20(28)18(26)17(25)19(27)21(22)29/h4-9H,1-3H3/b15-9+. The monoisotopic (exact) mass is 490 g/mol. The third-order valence-electron chi connectivity index (χ3n) is 5.30.